The first-order chi connectivity index (χ1) is 14.8. The highest BCUT2D eigenvalue weighted by Crippen LogP contribution is 2.20. The first-order valence-electron chi connectivity index (χ1n) is 11.1. The van der Waals surface area contributed by atoms with Gasteiger partial charge < -0.3 is 20.5 Å². The second kappa shape index (κ2) is 10.4. The minimum absolute atomic E-state index is 0.0861. The molecule has 1 aliphatic carbocycles. The Balaban J connectivity index is 1.62. The Kier molecular flexibility index (Phi) is 7.65. The molecular formula is C23H35N7O. The Morgan fingerprint density at radius 3 is 2.77 bits per heavy atom. The van der Waals surface area contributed by atoms with Gasteiger partial charge in [0.05, 0.1) is 0 Å². The number of carbonyl (C=O) groups is 1. The molecule has 1 aromatic carbocycles. The fourth-order valence-corrected chi connectivity index (χ4v) is 3.81. The molecule has 2 aromatic rings. The summed E-state index contributed by atoms with van der Waals surface area (Å²) in [5.41, 5.74) is 2.54. The number of hydrogen-bond acceptors (Lipinski definition) is 4. The van der Waals surface area contributed by atoms with Crippen molar-refractivity contribution in [2.24, 2.45) is 4.99 Å². The summed E-state index contributed by atoms with van der Waals surface area (Å²) in [5, 5.41) is 18.0. The average Bonchev–Trinajstić information content (AvgIpc) is 3.18. The van der Waals surface area contributed by atoms with Gasteiger partial charge in [0, 0.05) is 31.1 Å². The number of benzene rings is 1. The first-order valence-corrected chi connectivity index (χ1v) is 11.1. The number of nitrogens with zero attached hydrogens (tertiary/aromatic N) is 4. The second-order valence-corrected chi connectivity index (χ2v) is 9.04. The summed E-state index contributed by atoms with van der Waals surface area (Å²) in [6.07, 6.45) is 5.63. The summed E-state index contributed by atoms with van der Waals surface area (Å²) in [6, 6.07) is 8.89. The van der Waals surface area contributed by atoms with Crippen molar-refractivity contribution in [3.63, 3.8) is 0 Å². The van der Waals surface area contributed by atoms with Crippen LogP contribution in [-0.4, -0.2) is 51.3 Å². The third-order valence-electron chi connectivity index (χ3n) is 5.24. The third-order valence-corrected chi connectivity index (χ3v) is 5.24. The number of aliphatic imine (C=N–C) groups is 1. The highest BCUT2D eigenvalue weighted by atomic mass is 16.2. The number of rotatable bonds is 7. The fourth-order valence-electron chi connectivity index (χ4n) is 3.81. The molecule has 1 aromatic heterocycles. The van der Waals surface area contributed by atoms with Crippen molar-refractivity contribution in [1.29, 1.82) is 0 Å². The van der Waals surface area contributed by atoms with E-state index >= 15 is 0 Å². The Morgan fingerprint density at radius 2 is 2.03 bits per heavy atom. The van der Waals surface area contributed by atoms with E-state index in [2.05, 4.69) is 62.3 Å². The number of amides is 1. The van der Waals surface area contributed by atoms with Gasteiger partial charge in [-0.1, -0.05) is 31.2 Å². The lowest BCUT2D eigenvalue weighted by atomic mass is 9.88. The van der Waals surface area contributed by atoms with Crippen LogP contribution in [0, 0.1) is 0 Å². The molecule has 0 saturated heterocycles. The van der Waals surface area contributed by atoms with Gasteiger partial charge in [-0.25, -0.2) is 4.99 Å². The van der Waals surface area contributed by atoms with E-state index < -0.39 is 0 Å². The number of hydrogen-bond donors (Lipinski definition) is 3. The van der Waals surface area contributed by atoms with Crippen molar-refractivity contribution < 1.29 is 4.79 Å². The normalized spacial score (nSPS) is 16.5. The molecule has 0 saturated carbocycles. The van der Waals surface area contributed by atoms with Gasteiger partial charge in [-0.05, 0) is 51.2 Å². The predicted octanol–water partition coefficient (Wildman–Crippen LogP) is 1.85. The molecule has 3 rings (SSSR count). The van der Waals surface area contributed by atoms with E-state index in [1.165, 1.54) is 11.1 Å². The van der Waals surface area contributed by atoms with Crippen molar-refractivity contribution in [3.8, 4) is 0 Å². The molecule has 168 valence electrons. The van der Waals surface area contributed by atoms with E-state index in [1.54, 1.807) is 6.33 Å². The van der Waals surface area contributed by atoms with Crippen LogP contribution in [0.3, 0.4) is 0 Å². The zero-order chi connectivity index (χ0) is 22.3. The van der Waals surface area contributed by atoms with Crippen molar-refractivity contribution in [1.82, 2.24) is 30.7 Å². The zero-order valence-electron chi connectivity index (χ0n) is 19.1. The van der Waals surface area contributed by atoms with E-state index in [0.717, 1.165) is 38.1 Å². The second-order valence-electron chi connectivity index (χ2n) is 9.04. The Hall–Kier alpha value is -2.90. The highest BCUT2D eigenvalue weighted by molar-refractivity contribution is 5.85. The monoisotopic (exact) mass is 425 g/mol. The molecule has 31 heavy (non-hydrogen) atoms. The molecule has 1 atom stereocenters. The SMILES string of the molecule is CCc1nncn1CCNC(=NCC(=O)NC(C)(C)C)NC1CCc2ccccc2C1. The Labute approximate surface area is 184 Å². The molecule has 8 heteroatoms. The maximum atomic E-state index is 12.3. The number of fused-ring (bicyclic) bond motifs is 1. The lowest BCUT2D eigenvalue weighted by molar-refractivity contribution is -0.121. The maximum absolute atomic E-state index is 12.3. The van der Waals surface area contributed by atoms with E-state index in [1.807, 2.05) is 25.3 Å². The summed E-state index contributed by atoms with van der Waals surface area (Å²) in [6.45, 7) is 9.46. The molecule has 1 heterocycles. The molecular weight excluding hydrogens is 390 g/mol. The minimum atomic E-state index is -0.272. The predicted molar refractivity (Wildman–Crippen MR) is 123 cm³/mol. The van der Waals surface area contributed by atoms with E-state index in [9.17, 15) is 4.79 Å². The summed E-state index contributed by atoms with van der Waals surface area (Å²) in [7, 11) is 0. The largest absolute Gasteiger partial charge is 0.355 e. The summed E-state index contributed by atoms with van der Waals surface area (Å²) >= 11 is 0. The van der Waals surface area contributed by atoms with Crippen molar-refractivity contribution in [2.45, 2.75) is 71.5 Å². The number of nitrogens with one attached hydrogen (secondary N) is 3. The molecule has 8 nitrogen and oxygen atoms in total. The quantitative estimate of drug-likeness (QED) is 0.465. The van der Waals surface area contributed by atoms with Crippen LogP contribution >= 0.6 is 0 Å². The van der Waals surface area contributed by atoms with Crippen LogP contribution < -0.4 is 16.0 Å². The van der Waals surface area contributed by atoms with E-state index in [-0.39, 0.29) is 24.0 Å². The van der Waals surface area contributed by atoms with Crippen LogP contribution in [0.15, 0.2) is 35.6 Å². The van der Waals surface area contributed by atoms with Gasteiger partial charge in [0.1, 0.15) is 18.7 Å². The molecule has 1 amide bonds. The fraction of sp³-hybridized carbons (Fsp3) is 0.565. The minimum Gasteiger partial charge on any atom is -0.355 e. The molecule has 3 N–H and O–H groups in total. The van der Waals surface area contributed by atoms with Gasteiger partial charge in [-0.15, -0.1) is 10.2 Å². The molecule has 0 bridgehead atoms. The van der Waals surface area contributed by atoms with E-state index in [0.29, 0.717) is 12.5 Å². The van der Waals surface area contributed by atoms with Crippen molar-refractivity contribution >= 4 is 11.9 Å². The van der Waals surface area contributed by atoms with Crippen LogP contribution in [0.2, 0.25) is 0 Å². The van der Waals surface area contributed by atoms with Crippen LogP contribution in [0.25, 0.3) is 0 Å². The Bertz CT molecular complexity index is 897. The molecule has 0 spiro atoms. The lowest BCUT2D eigenvalue weighted by Crippen LogP contribution is -2.47. The van der Waals surface area contributed by atoms with Gasteiger partial charge in [-0.3, -0.25) is 4.79 Å². The molecule has 0 fully saturated rings. The smallest absolute Gasteiger partial charge is 0.242 e. The van der Waals surface area contributed by atoms with Gasteiger partial charge >= 0.3 is 0 Å². The van der Waals surface area contributed by atoms with Gasteiger partial charge in [-0.2, -0.15) is 0 Å². The van der Waals surface area contributed by atoms with Gasteiger partial charge in [0.2, 0.25) is 5.91 Å². The lowest BCUT2D eigenvalue weighted by Gasteiger charge is -2.27. The van der Waals surface area contributed by atoms with Crippen LogP contribution in [-0.2, 0) is 30.6 Å². The van der Waals surface area contributed by atoms with Crippen molar-refractivity contribution in [2.75, 3.05) is 13.1 Å². The molecule has 0 radical (unpaired) electrons. The van der Waals surface area contributed by atoms with Crippen LogP contribution in [0.1, 0.15) is 51.1 Å². The summed E-state index contributed by atoms with van der Waals surface area (Å²) in [4.78, 5) is 16.8. The molecule has 0 aliphatic heterocycles. The van der Waals surface area contributed by atoms with Gasteiger partial charge in [0.25, 0.3) is 0 Å². The highest BCUT2D eigenvalue weighted by Gasteiger charge is 2.20. The number of aromatic nitrogens is 3. The molecule has 1 unspecified atom stereocenters. The maximum Gasteiger partial charge on any atom is 0.242 e. The van der Waals surface area contributed by atoms with E-state index in [4.69, 9.17) is 0 Å². The van der Waals surface area contributed by atoms with Crippen molar-refractivity contribution in [3.05, 3.63) is 47.5 Å². The van der Waals surface area contributed by atoms with Crippen LogP contribution in [0.4, 0.5) is 0 Å². The average molecular weight is 426 g/mol. The number of guanidine groups is 1. The van der Waals surface area contributed by atoms with Gasteiger partial charge in [0.15, 0.2) is 5.96 Å². The summed E-state index contributed by atoms with van der Waals surface area (Å²) in [5.74, 6) is 1.54. The summed E-state index contributed by atoms with van der Waals surface area (Å²) < 4.78 is 2.04. The molecule has 1 aliphatic rings. The first kappa shape index (κ1) is 22.8. The standard InChI is InChI=1S/C23H35N7O/c1-5-20-29-26-16-30(20)13-12-24-22(25-15-21(31)28-23(2,3)4)27-19-11-10-17-8-6-7-9-18(17)14-19/h6-9,16,19H,5,10-15H2,1-4H3,(H,28,31)(H2,24,25,27). The Morgan fingerprint density at radius 1 is 1.26 bits per heavy atom. The van der Waals surface area contributed by atoms with Crippen LogP contribution in [0.5, 0.6) is 0 Å². The topological polar surface area (TPSA) is 96.2 Å². The zero-order valence-corrected chi connectivity index (χ0v) is 19.1. The number of carbonyl (C=O) groups excluding carboxylic acids is 1. The number of aryl methyl sites for hydroxylation is 2. The third kappa shape index (κ3) is 7.08.